The number of carbonyl (C=O) groups excluding carboxylic acids is 1. The Morgan fingerprint density at radius 2 is 1.74 bits per heavy atom. The first-order valence-electron chi connectivity index (χ1n) is 10.2. The van der Waals surface area contributed by atoms with Gasteiger partial charge >= 0.3 is 6.18 Å². The summed E-state index contributed by atoms with van der Waals surface area (Å²) in [6.07, 6.45) is -3.87. The largest absolute Gasteiger partial charge is 0.409 e. The van der Waals surface area contributed by atoms with Crippen LogP contribution >= 0.6 is 0 Å². The molecule has 3 rings (SSSR count). The monoisotopic (exact) mass is 482 g/mol. The lowest BCUT2D eigenvalue weighted by Gasteiger charge is -2.33. The molecule has 0 fully saturated rings. The molecule has 0 radical (unpaired) electrons. The third kappa shape index (κ3) is 4.87. The summed E-state index contributed by atoms with van der Waals surface area (Å²) in [6.45, 7) is 3.89. The maximum Gasteiger partial charge on any atom is 0.409 e. The van der Waals surface area contributed by atoms with Crippen molar-refractivity contribution in [3.8, 4) is 5.69 Å². The van der Waals surface area contributed by atoms with Gasteiger partial charge in [-0.1, -0.05) is 20.8 Å². The summed E-state index contributed by atoms with van der Waals surface area (Å²) in [5.74, 6) is -2.76. The summed E-state index contributed by atoms with van der Waals surface area (Å²) in [5, 5.41) is 1.77. The Morgan fingerprint density at radius 3 is 2.26 bits per heavy atom. The van der Waals surface area contributed by atoms with Crippen molar-refractivity contribution in [2.24, 2.45) is 5.41 Å². The van der Waals surface area contributed by atoms with Crippen LogP contribution in [-0.4, -0.2) is 41.8 Å². The zero-order valence-electron chi connectivity index (χ0n) is 19.1. The number of hydrogen-bond acceptors (Lipinski definition) is 4. The number of aromatic nitrogens is 2. The number of alkyl halides is 3. The average molecular weight is 482 g/mol. The lowest BCUT2D eigenvalue weighted by atomic mass is 9.86. The minimum absolute atomic E-state index is 0.0542. The van der Waals surface area contributed by atoms with E-state index in [2.05, 4.69) is 4.98 Å². The van der Waals surface area contributed by atoms with Crippen LogP contribution in [0.3, 0.4) is 0 Å². The van der Waals surface area contributed by atoms with Gasteiger partial charge in [0.1, 0.15) is 29.1 Å². The summed E-state index contributed by atoms with van der Waals surface area (Å²) in [6, 6.07) is 3.22. The summed E-state index contributed by atoms with van der Waals surface area (Å²) in [4.78, 5) is 31.9. The first-order valence-corrected chi connectivity index (χ1v) is 10.2. The van der Waals surface area contributed by atoms with Crippen LogP contribution < -0.4 is 15.6 Å². The zero-order chi connectivity index (χ0) is 25.6. The molecule has 2 aromatic heterocycles. The van der Waals surface area contributed by atoms with Crippen LogP contribution in [0, 0.1) is 17.0 Å². The maximum atomic E-state index is 14.7. The highest BCUT2D eigenvalue weighted by Gasteiger charge is 2.48. The molecule has 0 aliphatic rings. The highest BCUT2D eigenvalue weighted by molar-refractivity contribution is 5.97. The van der Waals surface area contributed by atoms with Crippen LogP contribution in [0.15, 0.2) is 41.3 Å². The van der Waals surface area contributed by atoms with Gasteiger partial charge in [0, 0.05) is 26.4 Å². The molecule has 1 aromatic carbocycles. The van der Waals surface area contributed by atoms with Crippen molar-refractivity contribution in [3.05, 3.63) is 63.9 Å². The molecule has 6 nitrogen and oxygen atoms in total. The number of carbonyl (C=O) groups is 1. The Hall–Kier alpha value is -3.50. The van der Waals surface area contributed by atoms with Crippen molar-refractivity contribution in [2.75, 3.05) is 19.0 Å². The molecule has 0 spiro atoms. The smallest absolute Gasteiger partial charge is 0.363 e. The summed E-state index contributed by atoms with van der Waals surface area (Å²) < 4.78 is 70.0. The van der Waals surface area contributed by atoms with E-state index < -0.39 is 46.2 Å². The van der Waals surface area contributed by atoms with E-state index in [0.29, 0.717) is 11.9 Å². The molecule has 0 aliphatic carbocycles. The van der Waals surface area contributed by atoms with E-state index in [4.69, 9.17) is 0 Å². The van der Waals surface area contributed by atoms with Crippen molar-refractivity contribution in [2.45, 2.75) is 33.0 Å². The number of fused-ring (bicyclic) bond motifs is 1. The predicted molar refractivity (Wildman–Crippen MR) is 118 cm³/mol. The lowest BCUT2D eigenvalue weighted by Crippen LogP contribution is -2.53. The Bertz CT molecular complexity index is 1300. The number of halogens is 5. The fraction of sp³-hybridized carbons (Fsp3) is 0.348. The van der Waals surface area contributed by atoms with Gasteiger partial charge in [-0.3, -0.25) is 14.2 Å². The summed E-state index contributed by atoms with van der Waals surface area (Å²) >= 11 is 0. The number of pyridine rings is 2. The number of benzene rings is 1. The fourth-order valence-electron chi connectivity index (χ4n) is 3.46. The second kappa shape index (κ2) is 8.69. The molecule has 0 bridgehead atoms. The third-order valence-corrected chi connectivity index (χ3v) is 5.18. The topological polar surface area (TPSA) is 67.2 Å². The van der Waals surface area contributed by atoms with E-state index in [1.165, 1.54) is 32.9 Å². The van der Waals surface area contributed by atoms with E-state index in [0.717, 1.165) is 22.9 Å². The van der Waals surface area contributed by atoms with E-state index >= 15 is 0 Å². The van der Waals surface area contributed by atoms with Gasteiger partial charge in [-0.2, -0.15) is 13.2 Å². The van der Waals surface area contributed by atoms with Gasteiger partial charge < -0.3 is 10.2 Å². The maximum absolute atomic E-state index is 14.7. The van der Waals surface area contributed by atoms with Crippen molar-refractivity contribution in [1.82, 2.24) is 14.9 Å². The highest BCUT2D eigenvalue weighted by atomic mass is 19.4. The molecule has 0 saturated carbocycles. The number of rotatable bonds is 4. The first kappa shape index (κ1) is 25.1. The van der Waals surface area contributed by atoms with Crippen LogP contribution in [0.5, 0.6) is 0 Å². The molecule has 0 saturated heterocycles. The van der Waals surface area contributed by atoms with Crippen molar-refractivity contribution in [3.63, 3.8) is 0 Å². The summed E-state index contributed by atoms with van der Waals surface area (Å²) in [5.41, 5.74) is -3.23. The molecule has 1 N–H and O–H groups in total. The minimum Gasteiger partial charge on any atom is -0.363 e. The zero-order valence-corrected chi connectivity index (χ0v) is 19.1. The first-order chi connectivity index (χ1) is 15.6. The van der Waals surface area contributed by atoms with Crippen LogP contribution in [0.25, 0.3) is 16.7 Å². The van der Waals surface area contributed by atoms with Gasteiger partial charge in [0.25, 0.3) is 5.91 Å². The molecular weight excluding hydrogens is 459 g/mol. The second-order valence-corrected chi connectivity index (χ2v) is 9.09. The normalized spacial score (nSPS) is 13.1. The second-order valence-electron chi connectivity index (χ2n) is 9.09. The van der Waals surface area contributed by atoms with Gasteiger partial charge in [0.15, 0.2) is 5.65 Å². The van der Waals surface area contributed by atoms with Gasteiger partial charge in [-0.25, -0.2) is 13.8 Å². The van der Waals surface area contributed by atoms with Gasteiger partial charge in [-0.15, -0.1) is 0 Å². The predicted octanol–water partition coefficient (Wildman–Crippen LogP) is 4.44. The molecule has 11 heteroatoms. The number of amides is 1. The van der Waals surface area contributed by atoms with E-state index in [1.807, 2.05) is 5.32 Å². The quantitative estimate of drug-likeness (QED) is 0.559. The molecular formula is C23H23F5N4O2. The minimum atomic E-state index is -4.78. The average Bonchev–Trinajstić information content (AvgIpc) is 2.70. The van der Waals surface area contributed by atoms with Crippen LogP contribution in [0.4, 0.5) is 27.8 Å². The van der Waals surface area contributed by atoms with Crippen LogP contribution in [-0.2, 0) is 0 Å². The molecule has 1 amide bonds. The number of anilines is 1. The van der Waals surface area contributed by atoms with Crippen molar-refractivity contribution >= 4 is 22.8 Å². The summed E-state index contributed by atoms with van der Waals surface area (Å²) in [7, 11) is 3.36. The Labute approximate surface area is 192 Å². The molecule has 34 heavy (non-hydrogen) atoms. The molecule has 3 aromatic rings. The van der Waals surface area contributed by atoms with Crippen LogP contribution in [0.1, 0.15) is 31.1 Å². The SMILES string of the molecule is CN(C)c1ccc2c(=O)c(C(=O)N[C@@H](C(C)(C)C)C(F)(F)F)cn(-c3ccc(F)cc3F)c2n1. The van der Waals surface area contributed by atoms with Crippen molar-refractivity contribution < 1.29 is 26.7 Å². The molecule has 182 valence electrons. The third-order valence-electron chi connectivity index (χ3n) is 5.18. The molecule has 1 atom stereocenters. The van der Waals surface area contributed by atoms with Gasteiger partial charge in [0.05, 0.1) is 11.1 Å². The van der Waals surface area contributed by atoms with E-state index in [1.54, 1.807) is 19.0 Å². The Balaban J connectivity index is 2.28. The number of nitrogens with zero attached hydrogens (tertiary/aromatic N) is 3. The van der Waals surface area contributed by atoms with E-state index in [-0.39, 0.29) is 16.7 Å². The van der Waals surface area contributed by atoms with Gasteiger partial charge in [-0.05, 0) is 29.7 Å². The van der Waals surface area contributed by atoms with Crippen molar-refractivity contribution in [1.29, 1.82) is 0 Å². The molecule has 0 aliphatic heterocycles. The standard InChI is InChI=1S/C23H23F5N4O2/c1-22(2,3)21(23(26,27)28)30-20(34)14-11-32(16-8-6-12(24)10-15(16)25)19-13(18(14)33)7-9-17(29-19)31(4)5/h6-11,21H,1-5H3,(H,30,34)/t21-/m0/s1. The Kier molecular flexibility index (Phi) is 6.43. The molecule has 2 heterocycles. The van der Waals surface area contributed by atoms with Crippen LogP contribution in [0.2, 0.25) is 0 Å². The Morgan fingerprint density at radius 1 is 1.09 bits per heavy atom. The van der Waals surface area contributed by atoms with Gasteiger partial charge in [0.2, 0.25) is 5.43 Å². The highest BCUT2D eigenvalue weighted by Crippen LogP contribution is 2.33. The fourth-order valence-corrected chi connectivity index (χ4v) is 3.46. The molecule has 0 unspecified atom stereocenters. The van der Waals surface area contributed by atoms with E-state index in [9.17, 15) is 31.5 Å². The lowest BCUT2D eigenvalue weighted by molar-refractivity contribution is -0.174. The number of hydrogen-bond donors (Lipinski definition) is 1. The number of nitrogens with one attached hydrogen (secondary N) is 1.